The molecule has 1 N–H and O–H groups in total. The van der Waals surface area contributed by atoms with Crippen molar-refractivity contribution in [3.05, 3.63) is 102 Å². The molecule has 0 saturated carbocycles. The fraction of sp³-hybridized carbons (Fsp3) is 0.0741. The molecule has 0 atom stereocenters. The summed E-state index contributed by atoms with van der Waals surface area (Å²) < 4.78 is 1.96. The third-order valence-corrected chi connectivity index (χ3v) is 6.57. The molecule has 5 nitrogen and oxygen atoms in total. The second-order valence-electron chi connectivity index (χ2n) is 7.85. The number of nitrogens with zero attached hydrogens (tertiary/aromatic N) is 3. The van der Waals surface area contributed by atoms with Crippen molar-refractivity contribution in [1.29, 1.82) is 0 Å². The van der Waals surface area contributed by atoms with Gasteiger partial charge in [-0.25, -0.2) is 0 Å². The van der Waals surface area contributed by atoms with Crippen molar-refractivity contribution in [2.45, 2.75) is 12.1 Å². The minimum absolute atomic E-state index is 0.107. The fourth-order valence-corrected chi connectivity index (χ4v) is 4.70. The van der Waals surface area contributed by atoms with Crippen molar-refractivity contribution in [3.8, 4) is 17.1 Å². The highest BCUT2D eigenvalue weighted by molar-refractivity contribution is 7.99. The van der Waals surface area contributed by atoms with E-state index in [1.54, 1.807) is 0 Å². The molecule has 0 aliphatic rings. The molecule has 0 spiro atoms. The molecule has 1 aromatic heterocycles. The van der Waals surface area contributed by atoms with Crippen LogP contribution in [0, 0.1) is 6.92 Å². The average molecular weight is 485 g/mol. The Kier molecular flexibility index (Phi) is 6.34. The third-order valence-electron chi connectivity index (χ3n) is 5.40. The van der Waals surface area contributed by atoms with E-state index in [0.29, 0.717) is 16.0 Å². The lowest BCUT2D eigenvalue weighted by molar-refractivity contribution is -0.113. The number of aromatic nitrogens is 3. The van der Waals surface area contributed by atoms with Crippen molar-refractivity contribution in [1.82, 2.24) is 14.8 Å². The van der Waals surface area contributed by atoms with Gasteiger partial charge in [0.2, 0.25) is 5.91 Å². The normalized spacial score (nSPS) is 11.0. The summed E-state index contributed by atoms with van der Waals surface area (Å²) in [5, 5.41) is 15.2. The average Bonchev–Trinajstić information content (AvgIpc) is 3.27. The van der Waals surface area contributed by atoms with Gasteiger partial charge < -0.3 is 5.32 Å². The maximum absolute atomic E-state index is 12.8. The van der Waals surface area contributed by atoms with Gasteiger partial charge in [-0.05, 0) is 42.6 Å². The number of benzene rings is 4. The fourth-order valence-electron chi connectivity index (χ4n) is 3.76. The highest BCUT2D eigenvalue weighted by Crippen LogP contribution is 2.30. The molecule has 0 unspecified atom stereocenters. The molecule has 0 aliphatic carbocycles. The van der Waals surface area contributed by atoms with Crippen molar-refractivity contribution in [2.24, 2.45) is 0 Å². The van der Waals surface area contributed by atoms with Crippen molar-refractivity contribution in [3.63, 3.8) is 0 Å². The molecule has 5 aromatic rings. The minimum Gasteiger partial charge on any atom is -0.325 e. The molecule has 0 aliphatic heterocycles. The van der Waals surface area contributed by atoms with E-state index in [1.165, 1.54) is 11.8 Å². The summed E-state index contributed by atoms with van der Waals surface area (Å²) in [6, 6.07) is 29.5. The molecule has 1 heterocycles. The summed E-state index contributed by atoms with van der Waals surface area (Å²) in [4.78, 5) is 12.8. The predicted octanol–water partition coefficient (Wildman–Crippen LogP) is 6.78. The van der Waals surface area contributed by atoms with Gasteiger partial charge in [0, 0.05) is 27.3 Å². The largest absolute Gasteiger partial charge is 0.325 e. The highest BCUT2D eigenvalue weighted by atomic mass is 35.5. The smallest absolute Gasteiger partial charge is 0.234 e. The Labute approximate surface area is 206 Å². The van der Waals surface area contributed by atoms with Gasteiger partial charge in [-0.1, -0.05) is 89.6 Å². The molecular weight excluding hydrogens is 464 g/mol. The predicted molar refractivity (Wildman–Crippen MR) is 140 cm³/mol. The molecule has 5 rings (SSSR count). The van der Waals surface area contributed by atoms with Crippen LogP contribution in [0.15, 0.2) is 96.2 Å². The van der Waals surface area contributed by atoms with E-state index in [-0.39, 0.29) is 11.7 Å². The van der Waals surface area contributed by atoms with Gasteiger partial charge >= 0.3 is 0 Å². The number of halogens is 1. The van der Waals surface area contributed by atoms with E-state index >= 15 is 0 Å². The van der Waals surface area contributed by atoms with E-state index in [2.05, 4.69) is 15.5 Å². The van der Waals surface area contributed by atoms with E-state index < -0.39 is 0 Å². The second kappa shape index (κ2) is 9.71. The van der Waals surface area contributed by atoms with E-state index in [0.717, 1.165) is 33.3 Å². The summed E-state index contributed by atoms with van der Waals surface area (Å²) in [7, 11) is 0. The standard InChI is InChI=1S/C27H21ClN4OS/c1-18-12-14-22(15-13-18)32-26(20-8-4-9-21(28)16-20)30-31-27(32)34-17-25(33)29-24-11-5-7-19-6-2-3-10-23(19)24/h2-16H,17H2,1H3,(H,29,33). The van der Waals surface area contributed by atoms with E-state index in [9.17, 15) is 4.79 Å². The lowest BCUT2D eigenvalue weighted by Gasteiger charge is -2.11. The number of thioether (sulfide) groups is 1. The van der Waals surface area contributed by atoms with Gasteiger partial charge in [-0.2, -0.15) is 0 Å². The molecule has 4 aromatic carbocycles. The summed E-state index contributed by atoms with van der Waals surface area (Å²) in [5.74, 6) is 0.760. The molecule has 1 amide bonds. The third kappa shape index (κ3) is 4.69. The number of anilines is 1. The molecule has 0 bridgehead atoms. The molecule has 34 heavy (non-hydrogen) atoms. The van der Waals surface area contributed by atoms with E-state index in [4.69, 9.17) is 11.6 Å². The maximum atomic E-state index is 12.8. The van der Waals surface area contributed by atoms with Crippen LogP contribution in [0.1, 0.15) is 5.56 Å². The van der Waals surface area contributed by atoms with Crippen LogP contribution in [0.25, 0.3) is 27.8 Å². The van der Waals surface area contributed by atoms with Crippen LogP contribution in [0.2, 0.25) is 5.02 Å². The molecule has 168 valence electrons. The lowest BCUT2D eigenvalue weighted by Crippen LogP contribution is -2.14. The number of carbonyl (C=O) groups is 1. The van der Waals surface area contributed by atoms with Crippen LogP contribution >= 0.6 is 23.4 Å². The van der Waals surface area contributed by atoms with Gasteiger partial charge in [0.25, 0.3) is 0 Å². The summed E-state index contributed by atoms with van der Waals surface area (Å²) in [5.41, 5.74) is 3.73. The first kappa shape index (κ1) is 22.2. The lowest BCUT2D eigenvalue weighted by atomic mass is 10.1. The van der Waals surface area contributed by atoms with Crippen LogP contribution in [-0.2, 0) is 4.79 Å². The van der Waals surface area contributed by atoms with Crippen molar-refractivity contribution >= 4 is 45.7 Å². The summed E-state index contributed by atoms with van der Waals surface area (Å²) in [6.07, 6.45) is 0. The number of fused-ring (bicyclic) bond motifs is 1. The summed E-state index contributed by atoms with van der Waals surface area (Å²) >= 11 is 7.57. The monoisotopic (exact) mass is 484 g/mol. The van der Waals surface area contributed by atoms with Crippen LogP contribution < -0.4 is 5.32 Å². The van der Waals surface area contributed by atoms with Gasteiger partial charge in [-0.3, -0.25) is 9.36 Å². The number of hydrogen-bond donors (Lipinski definition) is 1. The Morgan fingerprint density at radius 2 is 1.71 bits per heavy atom. The Hall–Kier alpha value is -3.61. The van der Waals surface area contributed by atoms with Crippen LogP contribution in [0.5, 0.6) is 0 Å². The SMILES string of the molecule is Cc1ccc(-n2c(SCC(=O)Nc3cccc4ccccc34)nnc2-c2cccc(Cl)c2)cc1. The first-order valence-corrected chi connectivity index (χ1v) is 12.1. The first-order chi connectivity index (χ1) is 16.6. The quantitative estimate of drug-likeness (QED) is 0.270. The molecule has 0 radical (unpaired) electrons. The number of hydrogen-bond acceptors (Lipinski definition) is 4. The van der Waals surface area contributed by atoms with E-state index in [1.807, 2.05) is 102 Å². The van der Waals surface area contributed by atoms with Crippen molar-refractivity contribution < 1.29 is 4.79 Å². The van der Waals surface area contributed by atoms with Crippen LogP contribution in [-0.4, -0.2) is 26.4 Å². The highest BCUT2D eigenvalue weighted by Gasteiger charge is 2.18. The first-order valence-electron chi connectivity index (χ1n) is 10.8. The zero-order chi connectivity index (χ0) is 23.5. The number of amides is 1. The number of aryl methyl sites for hydroxylation is 1. The number of rotatable bonds is 6. The van der Waals surface area contributed by atoms with Gasteiger partial charge in [0.15, 0.2) is 11.0 Å². The Morgan fingerprint density at radius 3 is 2.53 bits per heavy atom. The second-order valence-corrected chi connectivity index (χ2v) is 9.23. The maximum Gasteiger partial charge on any atom is 0.234 e. The Morgan fingerprint density at radius 1 is 0.941 bits per heavy atom. The van der Waals surface area contributed by atoms with Gasteiger partial charge in [0.1, 0.15) is 0 Å². The topological polar surface area (TPSA) is 59.8 Å². The zero-order valence-electron chi connectivity index (χ0n) is 18.4. The van der Waals surface area contributed by atoms with Gasteiger partial charge in [0.05, 0.1) is 5.75 Å². The van der Waals surface area contributed by atoms with Gasteiger partial charge in [-0.15, -0.1) is 10.2 Å². The molecule has 7 heteroatoms. The molecular formula is C27H21ClN4OS. The summed E-state index contributed by atoms with van der Waals surface area (Å²) in [6.45, 7) is 2.04. The zero-order valence-corrected chi connectivity index (χ0v) is 20.0. The van der Waals surface area contributed by atoms with Crippen LogP contribution in [0.3, 0.4) is 0 Å². The molecule has 0 fully saturated rings. The minimum atomic E-state index is -0.107. The number of nitrogens with one attached hydrogen (secondary N) is 1. The van der Waals surface area contributed by atoms with Crippen molar-refractivity contribution in [2.75, 3.05) is 11.1 Å². The van der Waals surface area contributed by atoms with Crippen LogP contribution in [0.4, 0.5) is 5.69 Å². The molecule has 0 saturated heterocycles. The Bertz CT molecular complexity index is 1470. The Balaban J connectivity index is 1.42. The number of carbonyl (C=O) groups excluding carboxylic acids is 1.